The van der Waals surface area contributed by atoms with Crippen LogP contribution in [0.1, 0.15) is 12.6 Å². The van der Waals surface area contributed by atoms with Gasteiger partial charge in [-0.2, -0.15) is 0 Å². The van der Waals surface area contributed by atoms with E-state index in [9.17, 15) is 9.90 Å². The van der Waals surface area contributed by atoms with E-state index in [0.29, 0.717) is 12.1 Å². The smallest absolute Gasteiger partial charge is 0.223 e. The largest absolute Gasteiger partial charge is 0.503 e. The minimum absolute atomic E-state index is 0. The molecule has 0 atom stereocenters. The number of aromatic nitrogens is 1. The monoisotopic (exact) mass is 282 g/mol. The second-order valence-electron chi connectivity index (χ2n) is 3.83. The first-order valence-electron chi connectivity index (χ1n) is 5.12. The lowest BCUT2D eigenvalue weighted by Crippen LogP contribution is -2.21. The molecular formula is C11H20Cl2N2O2. The number of likely N-dealkylation sites (N-methyl/N-ethyl adjacent to an activating group) is 1. The molecular weight excluding hydrogens is 263 g/mol. The second-order valence-corrected chi connectivity index (χ2v) is 3.83. The molecule has 6 heteroatoms. The maximum atomic E-state index is 11.2. The number of rotatable bonds is 4. The van der Waals surface area contributed by atoms with Crippen molar-refractivity contribution in [3.05, 3.63) is 28.2 Å². The van der Waals surface area contributed by atoms with Crippen molar-refractivity contribution in [2.24, 2.45) is 0 Å². The van der Waals surface area contributed by atoms with Crippen LogP contribution in [0.5, 0.6) is 5.75 Å². The summed E-state index contributed by atoms with van der Waals surface area (Å²) >= 11 is 0. The first-order valence-corrected chi connectivity index (χ1v) is 5.12. The first kappa shape index (κ1) is 18.6. The molecule has 1 N–H and O–H groups in total. The van der Waals surface area contributed by atoms with Crippen LogP contribution in [0.25, 0.3) is 0 Å². The third-order valence-electron chi connectivity index (χ3n) is 2.38. The third kappa shape index (κ3) is 4.98. The molecule has 0 spiro atoms. The molecule has 1 aromatic rings. The summed E-state index contributed by atoms with van der Waals surface area (Å²) in [6.07, 6.45) is 2.40. The summed E-state index contributed by atoms with van der Waals surface area (Å²) in [7, 11) is 3.99. The quantitative estimate of drug-likeness (QED) is 0.911. The number of hydrogen-bond donors (Lipinski definition) is 1. The number of nitrogens with zero attached hydrogens (tertiary/aromatic N) is 2. The Morgan fingerprint density at radius 3 is 2.41 bits per heavy atom. The molecule has 0 radical (unpaired) electrons. The fraction of sp³-hybridized carbons (Fsp3) is 0.545. The minimum Gasteiger partial charge on any atom is -0.503 e. The second kappa shape index (κ2) is 8.39. The zero-order valence-electron chi connectivity index (χ0n) is 10.3. The molecule has 1 aromatic heterocycles. The fourth-order valence-electron chi connectivity index (χ4n) is 1.49. The number of hydrogen-bond acceptors (Lipinski definition) is 3. The van der Waals surface area contributed by atoms with Gasteiger partial charge in [0.1, 0.15) is 0 Å². The zero-order chi connectivity index (χ0) is 11.4. The van der Waals surface area contributed by atoms with E-state index < -0.39 is 0 Å². The van der Waals surface area contributed by atoms with E-state index in [1.54, 1.807) is 6.20 Å². The summed E-state index contributed by atoms with van der Waals surface area (Å²) < 4.78 is 1.93. The van der Waals surface area contributed by atoms with Crippen molar-refractivity contribution in [3.8, 4) is 5.75 Å². The first-order chi connectivity index (χ1) is 7.06. The van der Waals surface area contributed by atoms with Crippen molar-refractivity contribution in [1.29, 1.82) is 0 Å². The highest BCUT2D eigenvalue weighted by Gasteiger charge is 2.07. The molecule has 0 aliphatic carbocycles. The molecule has 0 saturated heterocycles. The van der Waals surface area contributed by atoms with Crippen LogP contribution >= 0.6 is 24.8 Å². The number of halogens is 2. The lowest BCUT2D eigenvalue weighted by atomic mass is 10.2. The van der Waals surface area contributed by atoms with Gasteiger partial charge in [0.05, 0.1) is 5.69 Å². The summed E-state index contributed by atoms with van der Waals surface area (Å²) in [6.45, 7) is 3.60. The maximum absolute atomic E-state index is 11.2. The van der Waals surface area contributed by atoms with Gasteiger partial charge in [0.25, 0.3) is 0 Å². The van der Waals surface area contributed by atoms with E-state index in [2.05, 4.69) is 4.90 Å². The van der Waals surface area contributed by atoms with Gasteiger partial charge < -0.3 is 14.6 Å². The Morgan fingerprint density at radius 1 is 1.35 bits per heavy atom. The highest BCUT2D eigenvalue weighted by Crippen LogP contribution is 2.11. The van der Waals surface area contributed by atoms with Crippen molar-refractivity contribution in [2.75, 3.05) is 20.6 Å². The highest BCUT2D eigenvalue weighted by atomic mass is 35.5. The molecule has 100 valence electrons. The Labute approximate surface area is 114 Å². The van der Waals surface area contributed by atoms with Crippen molar-refractivity contribution in [3.63, 3.8) is 0 Å². The summed E-state index contributed by atoms with van der Waals surface area (Å²) in [5, 5.41) is 9.60. The van der Waals surface area contributed by atoms with Crippen LogP contribution in [-0.4, -0.2) is 35.2 Å². The van der Waals surface area contributed by atoms with E-state index in [1.165, 1.54) is 6.07 Å². The van der Waals surface area contributed by atoms with Crippen molar-refractivity contribution in [2.45, 2.75) is 19.9 Å². The Hall–Kier alpha value is -0.710. The SMILES string of the molecule is CCc1c(O)c(=O)ccn1CCN(C)C.Cl.Cl. The van der Waals surface area contributed by atoms with E-state index in [0.717, 1.165) is 13.1 Å². The minimum atomic E-state index is -0.298. The average molecular weight is 283 g/mol. The molecule has 0 aliphatic heterocycles. The molecule has 0 aromatic carbocycles. The molecule has 4 nitrogen and oxygen atoms in total. The summed E-state index contributed by atoms with van der Waals surface area (Å²) in [6, 6.07) is 1.41. The third-order valence-corrected chi connectivity index (χ3v) is 2.38. The predicted molar refractivity (Wildman–Crippen MR) is 74.8 cm³/mol. The molecule has 0 saturated carbocycles. The standard InChI is InChI=1S/C11H18N2O2.2ClH/c1-4-9-11(15)10(14)5-6-13(9)8-7-12(2)3;;/h5-6,15H,4,7-8H2,1-3H3;2*1H. The topological polar surface area (TPSA) is 45.5 Å². The van der Waals surface area contributed by atoms with Gasteiger partial charge in [0.2, 0.25) is 5.43 Å². The zero-order valence-corrected chi connectivity index (χ0v) is 12.0. The van der Waals surface area contributed by atoms with Crippen molar-refractivity contribution in [1.82, 2.24) is 9.47 Å². The molecule has 0 fully saturated rings. The van der Waals surface area contributed by atoms with E-state index in [-0.39, 0.29) is 36.0 Å². The van der Waals surface area contributed by atoms with Crippen LogP contribution < -0.4 is 5.43 Å². The molecule has 1 rings (SSSR count). The van der Waals surface area contributed by atoms with Gasteiger partial charge in [0, 0.05) is 25.4 Å². The van der Waals surface area contributed by atoms with Crippen LogP contribution in [0.4, 0.5) is 0 Å². The molecule has 0 bridgehead atoms. The average Bonchev–Trinajstić information content (AvgIpc) is 2.19. The number of pyridine rings is 1. The van der Waals surface area contributed by atoms with Gasteiger partial charge in [0.15, 0.2) is 5.75 Å². The molecule has 0 amide bonds. The predicted octanol–water partition coefficient (Wildman–Crippen LogP) is 1.52. The summed E-state index contributed by atoms with van der Waals surface area (Å²) in [4.78, 5) is 13.3. The van der Waals surface area contributed by atoms with E-state index in [4.69, 9.17) is 0 Å². The van der Waals surface area contributed by atoms with E-state index in [1.807, 2.05) is 25.6 Å². The highest BCUT2D eigenvalue weighted by molar-refractivity contribution is 5.85. The Morgan fingerprint density at radius 2 is 1.94 bits per heavy atom. The summed E-state index contributed by atoms with van der Waals surface area (Å²) in [5.41, 5.74) is 0.414. The van der Waals surface area contributed by atoms with Gasteiger partial charge in [-0.05, 0) is 20.5 Å². The molecule has 0 aliphatic rings. The van der Waals surface area contributed by atoms with Gasteiger partial charge >= 0.3 is 0 Å². The van der Waals surface area contributed by atoms with Gasteiger partial charge in [-0.1, -0.05) is 6.92 Å². The van der Waals surface area contributed by atoms with E-state index >= 15 is 0 Å². The Bertz CT molecular complexity index is 392. The molecule has 1 heterocycles. The molecule has 17 heavy (non-hydrogen) atoms. The van der Waals surface area contributed by atoms with Crippen LogP contribution in [0.2, 0.25) is 0 Å². The van der Waals surface area contributed by atoms with Crippen LogP contribution in [0.15, 0.2) is 17.1 Å². The maximum Gasteiger partial charge on any atom is 0.223 e. The van der Waals surface area contributed by atoms with Gasteiger partial charge in [-0.25, -0.2) is 0 Å². The Kier molecular flexibility index (Phi) is 9.21. The Balaban J connectivity index is 0. The number of aromatic hydroxyl groups is 1. The van der Waals surface area contributed by atoms with Gasteiger partial charge in [-0.15, -0.1) is 24.8 Å². The molecule has 0 unspecified atom stereocenters. The van der Waals surface area contributed by atoms with Crippen LogP contribution in [0.3, 0.4) is 0 Å². The summed E-state index contributed by atoms with van der Waals surface area (Å²) in [5.74, 6) is -0.112. The van der Waals surface area contributed by atoms with Crippen molar-refractivity contribution < 1.29 is 5.11 Å². The normalized spacial score (nSPS) is 9.65. The van der Waals surface area contributed by atoms with Crippen molar-refractivity contribution >= 4 is 24.8 Å². The lowest BCUT2D eigenvalue weighted by molar-refractivity contribution is 0.375. The van der Waals surface area contributed by atoms with Crippen LogP contribution in [0, 0.1) is 0 Å². The van der Waals surface area contributed by atoms with Crippen LogP contribution in [-0.2, 0) is 13.0 Å². The fourth-order valence-corrected chi connectivity index (χ4v) is 1.49. The lowest BCUT2D eigenvalue weighted by Gasteiger charge is -2.16. The van der Waals surface area contributed by atoms with Gasteiger partial charge in [-0.3, -0.25) is 4.79 Å².